The van der Waals surface area contributed by atoms with Gasteiger partial charge in [-0.05, 0) is 30.5 Å². The molecule has 17 heavy (non-hydrogen) atoms. The summed E-state index contributed by atoms with van der Waals surface area (Å²) in [6.45, 7) is 0. The van der Waals surface area contributed by atoms with Gasteiger partial charge in [0.25, 0.3) is 0 Å². The van der Waals surface area contributed by atoms with Crippen LogP contribution in [-0.4, -0.2) is 25.0 Å². The first kappa shape index (κ1) is 11.9. The molecule has 1 aromatic carbocycles. The molecule has 0 bridgehead atoms. The van der Waals surface area contributed by atoms with Crippen LogP contribution in [0.4, 0.5) is 5.69 Å². The summed E-state index contributed by atoms with van der Waals surface area (Å²) < 4.78 is 0. The fraction of sp³-hybridized carbons (Fsp3) is 0.462. The molecule has 0 radical (unpaired) electrons. The Morgan fingerprint density at radius 3 is 2.53 bits per heavy atom. The topological polar surface area (TPSA) is 67.2 Å². The van der Waals surface area contributed by atoms with Gasteiger partial charge in [0.2, 0.25) is 5.91 Å². The number of nitrogens with one attached hydrogen (secondary N) is 2. The maximum absolute atomic E-state index is 11.2. The summed E-state index contributed by atoms with van der Waals surface area (Å²) >= 11 is 0. The molecule has 2 rings (SSSR count). The van der Waals surface area contributed by atoms with E-state index in [0.717, 1.165) is 24.1 Å². The smallest absolute Gasteiger partial charge is 0.224 e. The van der Waals surface area contributed by atoms with E-state index in [4.69, 9.17) is 5.73 Å². The maximum atomic E-state index is 11.2. The van der Waals surface area contributed by atoms with Crippen LogP contribution in [0.15, 0.2) is 24.3 Å². The Morgan fingerprint density at radius 1 is 1.35 bits per heavy atom. The Morgan fingerprint density at radius 2 is 2.00 bits per heavy atom. The van der Waals surface area contributed by atoms with Crippen molar-refractivity contribution in [3.05, 3.63) is 29.8 Å². The van der Waals surface area contributed by atoms with Crippen molar-refractivity contribution in [2.45, 2.75) is 31.3 Å². The lowest BCUT2D eigenvalue weighted by Gasteiger charge is -2.33. The summed E-state index contributed by atoms with van der Waals surface area (Å²) in [5.74, 6) is 0.0377. The standard InChI is InChI=1S/C13H19N3O/c1-15-13(17)6-9-2-4-11(5-3-9)16-12-7-10(14)8-12/h2-5,10,12,16H,6-8,14H2,1H3,(H,15,17). The van der Waals surface area contributed by atoms with Crippen molar-refractivity contribution in [2.24, 2.45) is 5.73 Å². The van der Waals surface area contributed by atoms with Gasteiger partial charge in [0, 0.05) is 24.8 Å². The minimum absolute atomic E-state index is 0.0377. The van der Waals surface area contributed by atoms with Crippen molar-refractivity contribution < 1.29 is 4.79 Å². The van der Waals surface area contributed by atoms with Crippen molar-refractivity contribution >= 4 is 11.6 Å². The van der Waals surface area contributed by atoms with Gasteiger partial charge >= 0.3 is 0 Å². The summed E-state index contributed by atoms with van der Waals surface area (Å²) in [6, 6.07) is 8.87. The molecule has 1 aliphatic rings. The van der Waals surface area contributed by atoms with Crippen molar-refractivity contribution in [3.8, 4) is 0 Å². The van der Waals surface area contributed by atoms with Crippen molar-refractivity contribution in [1.82, 2.24) is 5.32 Å². The van der Waals surface area contributed by atoms with Crippen LogP contribution >= 0.6 is 0 Å². The van der Waals surface area contributed by atoms with E-state index in [-0.39, 0.29) is 5.91 Å². The normalized spacial score (nSPS) is 22.7. The van der Waals surface area contributed by atoms with Crippen LogP contribution < -0.4 is 16.4 Å². The Bertz CT molecular complexity index is 382. The third kappa shape index (κ3) is 3.20. The molecule has 92 valence electrons. The number of likely N-dealkylation sites (N-methyl/N-ethyl adjacent to an activating group) is 1. The molecule has 4 heteroatoms. The van der Waals surface area contributed by atoms with Crippen LogP contribution in [0.1, 0.15) is 18.4 Å². The second-order valence-corrected chi connectivity index (χ2v) is 4.62. The molecule has 1 saturated carbocycles. The second-order valence-electron chi connectivity index (χ2n) is 4.62. The molecule has 4 nitrogen and oxygen atoms in total. The number of hydrogen-bond acceptors (Lipinski definition) is 3. The number of nitrogens with two attached hydrogens (primary N) is 1. The number of carbonyl (C=O) groups is 1. The van der Waals surface area contributed by atoms with Crippen LogP contribution in [0.25, 0.3) is 0 Å². The van der Waals surface area contributed by atoms with Crippen LogP contribution in [0.3, 0.4) is 0 Å². The Kier molecular flexibility index (Phi) is 3.64. The molecule has 0 atom stereocenters. The van der Waals surface area contributed by atoms with Crippen molar-refractivity contribution in [1.29, 1.82) is 0 Å². The van der Waals surface area contributed by atoms with Crippen LogP contribution in [-0.2, 0) is 11.2 Å². The largest absolute Gasteiger partial charge is 0.382 e. The fourth-order valence-corrected chi connectivity index (χ4v) is 2.01. The minimum Gasteiger partial charge on any atom is -0.382 e. The lowest BCUT2D eigenvalue weighted by Crippen LogP contribution is -2.44. The first-order valence-corrected chi connectivity index (χ1v) is 5.99. The number of hydrogen-bond donors (Lipinski definition) is 3. The molecule has 1 aliphatic carbocycles. The number of rotatable bonds is 4. The van der Waals surface area contributed by atoms with Gasteiger partial charge in [-0.25, -0.2) is 0 Å². The van der Waals surface area contributed by atoms with E-state index in [9.17, 15) is 4.79 Å². The average Bonchev–Trinajstić information content (AvgIpc) is 2.29. The van der Waals surface area contributed by atoms with Gasteiger partial charge in [-0.2, -0.15) is 0 Å². The lowest BCUT2D eigenvalue weighted by atomic mass is 9.87. The summed E-state index contributed by atoms with van der Waals surface area (Å²) in [5.41, 5.74) is 7.86. The van der Waals surface area contributed by atoms with E-state index < -0.39 is 0 Å². The molecule has 0 unspecified atom stereocenters. The van der Waals surface area contributed by atoms with E-state index >= 15 is 0 Å². The number of anilines is 1. The van der Waals surface area contributed by atoms with E-state index in [1.54, 1.807) is 7.05 Å². The van der Waals surface area contributed by atoms with Gasteiger partial charge in [0.1, 0.15) is 0 Å². The molecule has 1 amide bonds. The first-order chi connectivity index (χ1) is 8.17. The highest BCUT2D eigenvalue weighted by molar-refractivity contribution is 5.78. The third-order valence-electron chi connectivity index (χ3n) is 3.14. The Hall–Kier alpha value is -1.55. The molecule has 0 heterocycles. The maximum Gasteiger partial charge on any atom is 0.224 e. The molecule has 0 aliphatic heterocycles. The molecule has 1 fully saturated rings. The second kappa shape index (κ2) is 5.19. The highest BCUT2D eigenvalue weighted by Gasteiger charge is 2.25. The van der Waals surface area contributed by atoms with Gasteiger partial charge < -0.3 is 16.4 Å². The van der Waals surface area contributed by atoms with E-state index in [2.05, 4.69) is 10.6 Å². The highest BCUT2D eigenvalue weighted by Crippen LogP contribution is 2.22. The summed E-state index contributed by atoms with van der Waals surface area (Å²) in [4.78, 5) is 11.2. The molecule has 4 N–H and O–H groups in total. The highest BCUT2D eigenvalue weighted by atomic mass is 16.1. The zero-order chi connectivity index (χ0) is 12.3. The van der Waals surface area contributed by atoms with Crippen LogP contribution in [0.2, 0.25) is 0 Å². The summed E-state index contributed by atoms with van der Waals surface area (Å²) in [5, 5.41) is 6.04. The van der Waals surface area contributed by atoms with Crippen LogP contribution in [0.5, 0.6) is 0 Å². The zero-order valence-corrected chi connectivity index (χ0v) is 10.1. The number of benzene rings is 1. The molecule has 0 aromatic heterocycles. The summed E-state index contributed by atoms with van der Waals surface area (Å²) in [6.07, 6.45) is 2.52. The van der Waals surface area contributed by atoms with E-state index in [1.165, 1.54) is 0 Å². The van der Waals surface area contributed by atoms with Crippen molar-refractivity contribution in [3.63, 3.8) is 0 Å². The van der Waals surface area contributed by atoms with Gasteiger partial charge in [-0.15, -0.1) is 0 Å². The number of amides is 1. The summed E-state index contributed by atoms with van der Waals surface area (Å²) in [7, 11) is 1.65. The third-order valence-corrected chi connectivity index (χ3v) is 3.14. The monoisotopic (exact) mass is 233 g/mol. The predicted molar refractivity (Wildman–Crippen MR) is 68.8 cm³/mol. The SMILES string of the molecule is CNC(=O)Cc1ccc(NC2CC(N)C2)cc1. The lowest BCUT2D eigenvalue weighted by molar-refractivity contribution is -0.119. The fourth-order valence-electron chi connectivity index (χ4n) is 2.01. The number of carbonyl (C=O) groups excluding carboxylic acids is 1. The quantitative estimate of drug-likeness (QED) is 0.723. The van der Waals surface area contributed by atoms with E-state index in [1.807, 2.05) is 24.3 Å². The first-order valence-electron chi connectivity index (χ1n) is 5.99. The Labute approximate surface area is 102 Å². The van der Waals surface area contributed by atoms with Crippen LogP contribution in [0, 0.1) is 0 Å². The molecule has 0 spiro atoms. The zero-order valence-electron chi connectivity index (χ0n) is 10.1. The van der Waals surface area contributed by atoms with Gasteiger partial charge in [-0.1, -0.05) is 12.1 Å². The molecular weight excluding hydrogens is 214 g/mol. The van der Waals surface area contributed by atoms with Gasteiger partial charge in [-0.3, -0.25) is 4.79 Å². The molecule has 1 aromatic rings. The van der Waals surface area contributed by atoms with Gasteiger partial charge in [0.15, 0.2) is 0 Å². The molecule has 0 saturated heterocycles. The predicted octanol–water partition coefficient (Wildman–Crippen LogP) is 0.877. The van der Waals surface area contributed by atoms with Crippen molar-refractivity contribution in [2.75, 3.05) is 12.4 Å². The average molecular weight is 233 g/mol. The molecular formula is C13H19N3O. The van der Waals surface area contributed by atoms with E-state index in [0.29, 0.717) is 18.5 Å². The Balaban J connectivity index is 1.87. The van der Waals surface area contributed by atoms with Gasteiger partial charge in [0.05, 0.1) is 6.42 Å². The minimum atomic E-state index is 0.0377.